The number of carbonyl (C=O) groups is 2. The zero-order valence-electron chi connectivity index (χ0n) is 14.2. The van der Waals surface area contributed by atoms with Gasteiger partial charge in [-0.1, -0.05) is 6.07 Å². The predicted molar refractivity (Wildman–Crippen MR) is 92.3 cm³/mol. The van der Waals surface area contributed by atoms with E-state index in [1.165, 1.54) is 31.5 Å². The van der Waals surface area contributed by atoms with Crippen LogP contribution in [0, 0.1) is 11.7 Å². The highest BCUT2D eigenvalue weighted by atomic mass is 19.1. The maximum absolute atomic E-state index is 13.4. The average molecular weight is 355 g/mol. The molecule has 1 aliphatic carbocycles. The van der Waals surface area contributed by atoms with E-state index >= 15 is 0 Å². The van der Waals surface area contributed by atoms with E-state index in [1.54, 1.807) is 23.1 Å². The number of carbonyl (C=O) groups excluding carboxylic acids is 2. The van der Waals surface area contributed by atoms with Gasteiger partial charge in [-0.3, -0.25) is 9.59 Å². The summed E-state index contributed by atoms with van der Waals surface area (Å²) in [5.74, 6) is -0.344. The minimum Gasteiger partial charge on any atom is -0.481 e. The van der Waals surface area contributed by atoms with Crippen LogP contribution in [0.4, 0.5) is 10.1 Å². The quantitative estimate of drug-likeness (QED) is 0.915. The van der Waals surface area contributed by atoms with Crippen molar-refractivity contribution in [2.45, 2.75) is 18.4 Å². The first-order chi connectivity index (χ1) is 12.5. The van der Waals surface area contributed by atoms with E-state index in [-0.39, 0.29) is 17.7 Å². The summed E-state index contributed by atoms with van der Waals surface area (Å²) in [6.45, 7) is 0.520. The van der Waals surface area contributed by atoms with Crippen LogP contribution in [0.2, 0.25) is 0 Å². The van der Waals surface area contributed by atoms with Gasteiger partial charge in [-0.15, -0.1) is 0 Å². The number of nitrogens with zero attached hydrogens (tertiary/aromatic N) is 2. The van der Waals surface area contributed by atoms with Gasteiger partial charge >= 0.3 is 0 Å². The largest absolute Gasteiger partial charge is 0.481 e. The van der Waals surface area contributed by atoms with E-state index in [9.17, 15) is 14.0 Å². The molecule has 2 aromatic rings. The third kappa shape index (κ3) is 2.60. The molecule has 1 aromatic heterocycles. The molecule has 0 spiro atoms. The Kier molecular flexibility index (Phi) is 3.86. The van der Waals surface area contributed by atoms with E-state index in [0.717, 1.165) is 6.42 Å². The van der Waals surface area contributed by atoms with Gasteiger partial charge in [-0.2, -0.15) is 0 Å². The van der Waals surface area contributed by atoms with Crippen LogP contribution >= 0.6 is 0 Å². The molecule has 1 N–H and O–H groups in total. The van der Waals surface area contributed by atoms with Crippen molar-refractivity contribution in [3.63, 3.8) is 0 Å². The number of amides is 2. The molecule has 2 aliphatic rings. The van der Waals surface area contributed by atoms with Crippen molar-refractivity contribution in [1.82, 2.24) is 9.88 Å². The highest BCUT2D eigenvalue weighted by Crippen LogP contribution is 2.56. The number of anilines is 1. The van der Waals surface area contributed by atoms with Crippen LogP contribution in [0.5, 0.6) is 5.88 Å². The Morgan fingerprint density at radius 2 is 2.19 bits per heavy atom. The number of hydrogen-bond acceptors (Lipinski definition) is 4. The van der Waals surface area contributed by atoms with Crippen molar-refractivity contribution < 1.29 is 18.7 Å². The predicted octanol–water partition coefficient (Wildman–Crippen LogP) is 2.47. The zero-order chi connectivity index (χ0) is 18.3. The minimum absolute atomic E-state index is 0.145. The number of ether oxygens (including phenoxy) is 1. The highest BCUT2D eigenvalue weighted by Gasteiger charge is 2.68. The molecule has 1 saturated carbocycles. The van der Waals surface area contributed by atoms with Crippen LogP contribution in [-0.2, 0) is 4.79 Å². The van der Waals surface area contributed by atoms with Crippen LogP contribution in [0.1, 0.15) is 23.2 Å². The highest BCUT2D eigenvalue weighted by molar-refractivity contribution is 6.06. The fourth-order valence-electron chi connectivity index (χ4n) is 3.74. The van der Waals surface area contributed by atoms with Gasteiger partial charge in [0.05, 0.1) is 12.7 Å². The van der Waals surface area contributed by atoms with Crippen LogP contribution in [-0.4, -0.2) is 40.9 Å². The molecule has 2 fully saturated rings. The molecule has 2 atom stereocenters. The van der Waals surface area contributed by atoms with Crippen molar-refractivity contribution in [3.05, 3.63) is 54.0 Å². The lowest BCUT2D eigenvalue weighted by Crippen LogP contribution is -2.48. The van der Waals surface area contributed by atoms with E-state index in [4.69, 9.17) is 4.74 Å². The molecular weight excluding hydrogens is 337 g/mol. The number of piperidine rings is 1. The molecule has 0 bridgehead atoms. The Balaban J connectivity index is 1.55. The number of aromatic nitrogens is 1. The topological polar surface area (TPSA) is 71.5 Å². The van der Waals surface area contributed by atoms with Crippen LogP contribution in [0.3, 0.4) is 0 Å². The number of rotatable bonds is 4. The van der Waals surface area contributed by atoms with Crippen LogP contribution in [0.15, 0.2) is 42.6 Å². The molecule has 134 valence electrons. The molecule has 1 aliphatic heterocycles. The third-order valence-electron chi connectivity index (χ3n) is 5.17. The van der Waals surface area contributed by atoms with E-state index in [2.05, 4.69) is 10.3 Å². The minimum atomic E-state index is -0.844. The molecule has 6 nitrogen and oxygen atoms in total. The first-order valence-corrected chi connectivity index (χ1v) is 8.43. The Bertz CT molecular complexity index is 871. The fourth-order valence-corrected chi connectivity index (χ4v) is 3.74. The van der Waals surface area contributed by atoms with Gasteiger partial charge in [0.2, 0.25) is 5.88 Å². The molecule has 1 aromatic carbocycles. The van der Waals surface area contributed by atoms with Gasteiger partial charge in [0.15, 0.2) is 0 Å². The summed E-state index contributed by atoms with van der Waals surface area (Å²) in [4.78, 5) is 31.5. The summed E-state index contributed by atoms with van der Waals surface area (Å²) in [6.07, 6.45) is 2.87. The van der Waals surface area contributed by atoms with Crippen molar-refractivity contribution in [2.24, 2.45) is 5.92 Å². The summed E-state index contributed by atoms with van der Waals surface area (Å²) in [5.41, 5.74) is -0.0414. The first-order valence-electron chi connectivity index (χ1n) is 8.43. The van der Waals surface area contributed by atoms with Gasteiger partial charge in [-0.05, 0) is 43.0 Å². The molecule has 2 heterocycles. The monoisotopic (exact) mass is 355 g/mol. The van der Waals surface area contributed by atoms with Gasteiger partial charge in [0.25, 0.3) is 11.8 Å². The van der Waals surface area contributed by atoms with Gasteiger partial charge in [-0.25, -0.2) is 9.37 Å². The summed E-state index contributed by atoms with van der Waals surface area (Å²) >= 11 is 0. The molecule has 7 heteroatoms. The van der Waals surface area contributed by atoms with Crippen molar-refractivity contribution in [3.8, 4) is 5.88 Å². The number of fused-ring (bicyclic) bond motifs is 1. The standard InChI is InChI=1S/C19H18FN3O3/c1-26-16-6-5-12(11-21-16)17(24)23-8-7-13-10-19(13,23)18(25)22-15-4-2-3-14(20)9-15/h2-6,9,11,13H,7-8,10H2,1H3,(H,22,25). The Morgan fingerprint density at radius 1 is 1.35 bits per heavy atom. The van der Waals surface area contributed by atoms with Gasteiger partial charge in [0.1, 0.15) is 11.4 Å². The number of nitrogens with one attached hydrogen (secondary N) is 1. The number of halogens is 1. The summed E-state index contributed by atoms with van der Waals surface area (Å²) in [6, 6.07) is 9.00. The van der Waals surface area contributed by atoms with Crippen molar-refractivity contribution in [2.75, 3.05) is 19.0 Å². The molecule has 26 heavy (non-hydrogen) atoms. The second-order valence-corrected chi connectivity index (χ2v) is 6.62. The maximum Gasteiger partial charge on any atom is 0.256 e. The number of methoxy groups -OCH3 is 1. The second-order valence-electron chi connectivity index (χ2n) is 6.62. The Hall–Kier alpha value is -2.96. The van der Waals surface area contributed by atoms with Crippen molar-refractivity contribution >= 4 is 17.5 Å². The van der Waals surface area contributed by atoms with E-state index < -0.39 is 11.4 Å². The third-order valence-corrected chi connectivity index (χ3v) is 5.17. The number of likely N-dealkylation sites (tertiary alicyclic amines) is 1. The molecule has 2 amide bonds. The van der Waals surface area contributed by atoms with Crippen LogP contribution in [0.25, 0.3) is 0 Å². The molecule has 0 radical (unpaired) electrons. The number of hydrogen-bond donors (Lipinski definition) is 1. The number of pyridine rings is 1. The molecular formula is C19H18FN3O3. The first kappa shape index (κ1) is 16.5. The zero-order valence-corrected chi connectivity index (χ0v) is 14.2. The van der Waals surface area contributed by atoms with Crippen LogP contribution < -0.4 is 10.1 Å². The Labute approximate surface area is 150 Å². The summed E-state index contributed by atoms with van der Waals surface area (Å²) in [5, 5.41) is 2.75. The molecule has 1 saturated heterocycles. The van der Waals surface area contributed by atoms with E-state index in [1.807, 2.05) is 0 Å². The van der Waals surface area contributed by atoms with Gasteiger partial charge in [0, 0.05) is 24.5 Å². The van der Waals surface area contributed by atoms with Gasteiger partial charge < -0.3 is 15.0 Å². The SMILES string of the molecule is COc1ccc(C(=O)N2CCC3CC32C(=O)Nc2cccc(F)c2)cn1. The molecule has 2 unspecified atom stereocenters. The smallest absolute Gasteiger partial charge is 0.256 e. The average Bonchev–Trinajstić information content (AvgIpc) is 3.27. The summed E-state index contributed by atoms with van der Waals surface area (Å²) in [7, 11) is 1.50. The number of benzene rings is 1. The van der Waals surface area contributed by atoms with E-state index in [0.29, 0.717) is 30.1 Å². The Morgan fingerprint density at radius 3 is 2.85 bits per heavy atom. The maximum atomic E-state index is 13.4. The lowest BCUT2D eigenvalue weighted by molar-refractivity contribution is -0.121. The van der Waals surface area contributed by atoms with Crippen molar-refractivity contribution in [1.29, 1.82) is 0 Å². The second kappa shape index (κ2) is 6.09. The molecule has 4 rings (SSSR count). The summed E-state index contributed by atoms with van der Waals surface area (Å²) < 4.78 is 18.4. The normalized spacial score (nSPS) is 23.3. The lowest BCUT2D eigenvalue weighted by Gasteiger charge is -2.27. The fraction of sp³-hybridized carbons (Fsp3) is 0.316. The lowest BCUT2D eigenvalue weighted by atomic mass is 10.1.